The van der Waals surface area contributed by atoms with Gasteiger partial charge in [0.25, 0.3) is 0 Å². The zero-order chi connectivity index (χ0) is 33.4. The Kier molecular flexibility index (Phi) is 3.67. The third-order valence-corrected chi connectivity index (χ3v) is 7.42. The Morgan fingerprint density at radius 2 is 1.00 bits per heavy atom. The Bertz CT molecular complexity index is 2350. The molecule has 0 saturated heterocycles. The Hall–Kier alpha value is -5.27. The first-order valence-electron chi connectivity index (χ1n) is 17.1. The van der Waals surface area contributed by atoms with Crippen LogP contribution in [0.5, 0.6) is 0 Å². The van der Waals surface area contributed by atoms with E-state index in [-0.39, 0.29) is 70.6 Å². The van der Waals surface area contributed by atoms with E-state index in [1.54, 1.807) is 54.7 Å². The second-order valence-corrected chi connectivity index (χ2v) is 9.73. The fraction of sp³-hybridized carbons (Fsp3) is 0. The van der Waals surface area contributed by atoms with Crippen LogP contribution >= 0.6 is 0 Å². The zero-order valence-corrected chi connectivity index (χ0v) is 21.3. The van der Waals surface area contributed by atoms with Crippen molar-refractivity contribution in [2.45, 2.75) is 0 Å². The summed E-state index contributed by atoms with van der Waals surface area (Å²) in [4.78, 5) is 4.30. The number of pyridine rings is 1. The summed E-state index contributed by atoms with van der Waals surface area (Å²) in [5, 5.41) is 5.02. The predicted molar refractivity (Wildman–Crippen MR) is 170 cm³/mol. The van der Waals surface area contributed by atoms with Crippen LogP contribution in [-0.2, 0) is 0 Å². The van der Waals surface area contributed by atoms with E-state index in [0.717, 1.165) is 21.5 Å². The van der Waals surface area contributed by atoms with Crippen LogP contribution in [0.2, 0.25) is 0 Å². The highest BCUT2D eigenvalue weighted by Gasteiger charge is 2.17. The molecule has 8 rings (SSSR count). The van der Waals surface area contributed by atoms with Gasteiger partial charge >= 0.3 is 0 Å². The van der Waals surface area contributed by atoms with E-state index in [1.165, 1.54) is 0 Å². The highest BCUT2D eigenvalue weighted by atomic mass is 14.7. The van der Waals surface area contributed by atoms with Gasteiger partial charge in [0.15, 0.2) is 0 Å². The smallest absolute Gasteiger partial charge is 0.0701 e. The molecule has 0 atom stereocenters. The molecule has 1 heteroatoms. The van der Waals surface area contributed by atoms with Gasteiger partial charge in [0.2, 0.25) is 0 Å². The highest BCUT2D eigenvalue weighted by molar-refractivity contribution is 6.28. The van der Waals surface area contributed by atoms with E-state index >= 15 is 0 Å². The number of aromatic nitrogens is 1. The maximum Gasteiger partial charge on any atom is 0.0701 e. The lowest BCUT2D eigenvalue weighted by Gasteiger charge is -2.18. The molecule has 0 amide bonds. The summed E-state index contributed by atoms with van der Waals surface area (Å²) >= 11 is 0. The minimum atomic E-state index is -0.239. The standard InChI is InChI=1S/C39H25N/c1-2-7-26(8-3-1)27-12-14-28(15-13-27)35-25-36(29-16-18-30(19-17-29)37-11-4-5-24-40-37)34-23-21-32-10-6-9-31-20-22-33(35)39(34)38(31)32/h1-25H/i12D,13D,14D,15D,16D,17D,18D,19D. The monoisotopic (exact) mass is 515 g/mol. The van der Waals surface area contributed by atoms with Crippen LogP contribution in [0.1, 0.15) is 11.0 Å². The summed E-state index contributed by atoms with van der Waals surface area (Å²) in [5.41, 5.74) is 2.22. The van der Waals surface area contributed by atoms with E-state index < -0.39 is 0 Å². The molecular weight excluding hydrogens is 482 g/mol. The molecule has 1 heterocycles. The molecule has 0 aliphatic carbocycles. The molecule has 8 aromatic rings. The van der Waals surface area contributed by atoms with Crippen molar-refractivity contribution < 1.29 is 11.0 Å². The molecule has 1 aromatic heterocycles. The van der Waals surface area contributed by atoms with Crippen molar-refractivity contribution in [2.24, 2.45) is 0 Å². The lowest BCUT2D eigenvalue weighted by atomic mass is 9.85. The van der Waals surface area contributed by atoms with Crippen molar-refractivity contribution in [2.75, 3.05) is 0 Å². The first kappa shape index (κ1) is 16.0. The lowest BCUT2D eigenvalue weighted by molar-refractivity contribution is 1.33. The molecule has 0 unspecified atom stereocenters. The SMILES string of the molecule is [2H]c1c([2H])c(-c2cc(-c3c([2H])c([2H])c(-c4ccccn4)c([2H])c3[2H])c3ccc4cccc5ccc2c3c54)c([2H])c([2H])c1-c1ccccc1. The van der Waals surface area contributed by atoms with Crippen LogP contribution in [0.15, 0.2) is 152 Å². The van der Waals surface area contributed by atoms with Crippen LogP contribution in [0.25, 0.3) is 77.0 Å². The molecule has 186 valence electrons. The van der Waals surface area contributed by atoms with E-state index in [9.17, 15) is 5.48 Å². The molecule has 0 N–H and O–H groups in total. The molecule has 0 aliphatic heterocycles. The van der Waals surface area contributed by atoms with Crippen LogP contribution in [0.3, 0.4) is 0 Å². The van der Waals surface area contributed by atoms with Crippen molar-refractivity contribution in [1.82, 2.24) is 4.98 Å². The first-order chi connectivity index (χ1) is 23.2. The Labute approximate surface area is 244 Å². The fourth-order valence-electron chi connectivity index (χ4n) is 5.53. The molecule has 0 radical (unpaired) electrons. The molecule has 0 spiro atoms. The van der Waals surface area contributed by atoms with Gasteiger partial charge in [-0.25, -0.2) is 0 Å². The highest BCUT2D eigenvalue weighted by Crippen LogP contribution is 2.44. The molecule has 40 heavy (non-hydrogen) atoms. The fourth-order valence-corrected chi connectivity index (χ4v) is 5.53. The molecule has 1 nitrogen and oxygen atoms in total. The van der Waals surface area contributed by atoms with Gasteiger partial charge in [0, 0.05) is 11.8 Å². The Balaban J connectivity index is 1.52. The van der Waals surface area contributed by atoms with E-state index in [0.29, 0.717) is 33.2 Å². The Morgan fingerprint density at radius 1 is 0.425 bits per heavy atom. The van der Waals surface area contributed by atoms with Crippen molar-refractivity contribution in [3.63, 3.8) is 0 Å². The molecule has 0 bridgehead atoms. The molecule has 0 saturated carbocycles. The van der Waals surface area contributed by atoms with Gasteiger partial charge in [-0.1, -0.05) is 127 Å². The van der Waals surface area contributed by atoms with Crippen LogP contribution in [0.4, 0.5) is 0 Å². The summed E-state index contributed by atoms with van der Waals surface area (Å²) in [6.45, 7) is 0. The third-order valence-electron chi connectivity index (χ3n) is 7.42. The van der Waals surface area contributed by atoms with Gasteiger partial charge in [-0.2, -0.15) is 0 Å². The quantitative estimate of drug-likeness (QED) is 0.212. The van der Waals surface area contributed by atoms with Crippen LogP contribution < -0.4 is 0 Å². The molecule has 0 fully saturated rings. The van der Waals surface area contributed by atoms with E-state index in [4.69, 9.17) is 5.48 Å². The normalized spacial score (nSPS) is 14.3. The van der Waals surface area contributed by atoms with Crippen molar-refractivity contribution in [1.29, 1.82) is 0 Å². The summed E-state index contributed by atoms with van der Waals surface area (Å²) < 4.78 is 72.8. The van der Waals surface area contributed by atoms with Gasteiger partial charge in [-0.05, 0) is 83.9 Å². The number of hydrogen-bond acceptors (Lipinski definition) is 1. The average molecular weight is 516 g/mol. The minimum absolute atomic E-state index is 0.0834. The second-order valence-electron chi connectivity index (χ2n) is 9.73. The second kappa shape index (κ2) is 9.18. The van der Waals surface area contributed by atoms with Gasteiger partial charge < -0.3 is 0 Å². The maximum atomic E-state index is 9.21. The summed E-state index contributed by atoms with van der Waals surface area (Å²) in [6.07, 6.45) is 1.55. The number of hydrogen-bond donors (Lipinski definition) is 0. The number of benzene rings is 7. The third kappa shape index (κ3) is 3.67. The lowest BCUT2D eigenvalue weighted by Crippen LogP contribution is -1.91. The van der Waals surface area contributed by atoms with Gasteiger partial charge in [-0.3, -0.25) is 4.98 Å². The minimum Gasteiger partial charge on any atom is -0.256 e. The number of rotatable bonds is 4. The average Bonchev–Trinajstić information content (AvgIpc) is 3.11. The molecule has 7 aromatic carbocycles. The van der Waals surface area contributed by atoms with Crippen molar-refractivity contribution >= 4 is 32.3 Å². The first-order valence-corrected chi connectivity index (χ1v) is 13.1. The van der Waals surface area contributed by atoms with Crippen molar-refractivity contribution in [3.05, 3.63) is 152 Å². The van der Waals surface area contributed by atoms with Gasteiger partial charge in [0.1, 0.15) is 0 Å². The maximum absolute atomic E-state index is 9.21. The largest absolute Gasteiger partial charge is 0.256 e. The zero-order valence-electron chi connectivity index (χ0n) is 29.3. The predicted octanol–water partition coefficient (Wildman–Crippen LogP) is 10.6. The number of nitrogens with zero attached hydrogens (tertiary/aromatic N) is 1. The molecule has 0 aliphatic rings. The van der Waals surface area contributed by atoms with Crippen LogP contribution in [0, 0.1) is 0 Å². The van der Waals surface area contributed by atoms with Crippen LogP contribution in [-0.4, -0.2) is 4.98 Å². The van der Waals surface area contributed by atoms with E-state index in [1.807, 2.05) is 48.5 Å². The topological polar surface area (TPSA) is 12.9 Å². The van der Waals surface area contributed by atoms with Gasteiger partial charge in [0.05, 0.1) is 16.7 Å². The summed E-state index contributed by atoms with van der Waals surface area (Å²) in [6, 6.07) is 27.8. The summed E-state index contributed by atoms with van der Waals surface area (Å²) in [7, 11) is 0. The molecular formula is C39H25N. The Morgan fingerprint density at radius 3 is 1.60 bits per heavy atom. The van der Waals surface area contributed by atoms with Crippen molar-refractivity contribution in [3.8, 4) is 44.6 Å². The van der Waals surface area contributed by atoms with E-state index in [2.05, 4.69) is 4.98 Å². The summed E-state index contributed by atoms with van der Waals surface area (Å²) in [5.74, 6) is 0. The van der Waals surface area contributed by atoms with Gasteiger partial charge in [-0.15, -0.1) is 0 Å².